The van der Waals surface area contributed by atoms with Crippen LogP contribution in [0.5, 0.6) is 0 Å². The largest absolute Gasteiger partial charge is 0.330 e. The summed E-state index contributed by atoms with van der Waals surface area (Å²) in [5.41, 5.74) is 5.09. The van der Waals surface area contributed by atoms with Gasteiger partial charge in [0, 0.05) is 25.5 Å². The Hall–Kier alpha value is -3.80. The van der Waals surface area contributed by atoms with E-state index in [1.165, 1.54) is 12.1 Å². The quantitative estimate of drug-likeness (QED) is 0.452. The van der Waals surface area contributed by atoms with E-state index in [-0.39, 0.29) is 11.7 Å². The molecule has 156 valence electrons. The molecule has 0 bridgehead atoms. The second kappa shape index (κ2) is 8.92. The molecule has 1 amide bonds. The van der Waals surface area contributed by atoms with Crippen molar-refractivity contribution in [2.75, 3.05) is 0 Å². The predicted octanol–water partition coefficient (Wildman–Crippen LogP) is 4.87. The fourth-order valence-corrected chi connectivity index (χ4v) is 3.54. The molecule has 6 heteroatoms. The Morgan fingerprint density at radius 2 is 1.74 bits per heavy atom. The summed E-state index contributed by atoms with van der Waals surface area (Å²) in [5, 5.41) is 4.39. The van der Waals surface area contributed by atoms with Crippen molar-refractivity contribution in [1.82, 2.24) is 19.7 Å². The van der Waals surface area contributed by atoms with E-state index in [0.29, 0.717) is 30.0 Å². The van der Waals surface area contributed by atoms with Crippen LogP contribution >= 0.6 is 0 Å². The van der Waals surface area contributed by atoms with Gasteiger partial charge in [-0.25, -0.2) is 9.07 Å². The zero-order valence-corrected chi connectivity index (χ0v) is 17.5. The first-order valence-corrected chi connectivity index (χ1v) is 10.1. The van der Waals surface area contributed by atoms with E-state index in [2.05, 4.69) is 10.1 Å². The third-order valence-electron chi connectivity index (χ3n) is 5.32. The lowest BCUT2D eigenvalue weighted by Crippen LogP contribution is -2.30. The van der Waals surface area contributed by atoms with E-state index < -0.39 is 0 Å². The Bertz CT molecular complexity index is 1190. The maximum absolute atomic E-state index is 13.6. The van der Waals surface area contributed by atoms with Gasteiger partial charge in [0.25, 0.3) is 5.91 Å². The Labute approximate surface area is 180 Å². The van der Waals surface area contributed by atoms with Crippen molar-refractivity contribution in [2.24, 2.45) is 0 Å². The van der Waals surface area contributed by atoms with Gasteiger partial charge < -0.3 is 4.90 Å². The fourth-order valence-electron chi connectivity index (χ4n) is 3.54. The molecule has 0 atom stereocenters. The summed E-state index contributed by atoms with van der Waals surface area (Å²) in [4.78, 5) is 19.6. The minimum atomic E-state index is -0.314. The van der Waals surface area contributed by atoms with Gasteiger partial charge in [0.15, 0.2) is 0 Å². The third kappa shape index (κ3) is 4.53. The van der Waals surface area contributed by atoms with Gasteiger partial charge in [-0.1, -0.05) is 30.3 Å². The van der Waals surface area contributed by atoms with Crippen LogP contribution in [0, 0.1) is 19.7 Å². The molecule has 0 aliphatic carbocycles. The lowest BCUT2D eigenvalue weighted by molar-refractivity contribution is 0.0729. The summed E-state index contributed by atoms with van der Waals surface area (Å²) in [7, 11) is 0. The topological polar surface area (TPSA) is 51.0 Å². The molecule has 0 aliphatic rings. The Kier molecular flexibility index (Phi) is 5.89. The van der Waals surface area contributed by atoms with Crippen LogP contribution in [-0.2, 0) is 13.1 Å². The zero-order valence-electron chi connectivity index (χ0n) is 17.5. The smallest absolute Gasteiger partial charge is 0.257 e. The Balaban J connectivity index is 1.67. The first-order valence-electron chi connectivity index (χ1n) is 10.1. The van der Waals surface area contributed by atoms with E-state index in [4.69, 9.17) is 0 Å². The molecule has 0 spiro atoms. The van der Waals surface area contributed by atoms with Crippen LogP contribution in [0.15, 0.2) is 79.3 Å². The highest BCUT2D eigenvalue weighted by molar-refractivity contribution is 5.95. The van der Waals surface area contributed by atoms with Crippen LogP contribution in [0.2, 0.25) is 0 Å². The number of hydrogen-bond acceptors (Lipinski definition) is 3. The molecule has 0 radical (unpaired) electrons. The molecule has 0 saturated heterocycles. The van der Waals surface area contributed by atoms with Crippen molar-refractivity contribution in [3.05, 3.63) is 113 Å². The van der Waals surface area contributed by atoms with Crippen LogP contribution in [0.4, 0.5) is 4.39 Å². The van der Waals surface area contributed by atoms with Crippen LogP contribution in [0.1, 0.15) is 32.7 Å². The van der Waals surface area contributed by atoms with E-state index in [9.17, 15) is 9.18 Å². The van der Waals surface area contributed by atoms with E-state index in [1.807, 2.05) is 50.2 Å². The van der Waals surface area contributed by atoms with Crippen molar-refractivity contribution in [1.29, 1.82) is 0 Å². The molecule has 5 nitrogen and oxygen atoms in total. The standard InChI is InChI=1S/C25H23FN4O/c1-18-6-3-4-8-21(18)17-29(16-20-7-5-13-27-14-20)25(31)24-15-28-30(19(24)2)23-11-9-22(26)10-12-23/h3-15H,16-17H2,1-2H3. The number of rotatable bonds is 6. The van der Waals surface area contributed by atoms with Crippen molar-refractivity contribution >= 4 is 5.91 Å². The first kappa shape index (κ1) is 20.5. The number of hydrogen-bond donors (Lipinski definition) is 0. The molecule has 0 aliphatic heterocycles. The second-order valence-electron chi connectivity index (χ2n) is 7.48. The first-order chi connectivity index (χ1) is 15.0. The highest BCUT2D eigenvalue weighted by Crippen LogP contribution is 2.20. The molecule has 0 saturated carbocycles. The summed E-state index contributed by atoms with van der Waals surface area (Å²) < 4.78 is 14.9. The number of pyridine rings is 1. The lowest BCUT2D eigenvalue weighted by Gasteiger charge is -2.24. The Morgan fingerprint density at radius 1 is 0.968 bits per heavy atom. The van der Waals surface area contributed by atoms with Gasteiger partial charge in [-0.05, 0) is 60.9 Å². The number of aryl methyl sites for hydroxylation is 1. The number of aromatic nitrogens is 3. The maximum atomic E-state index is 13.6. The highest BCUT2D eigenvalue weighted by Gasteiger charge is 2.22. The van der Waals surface area contributed by atoms with Gasteiger partial charge in [0.2, 0.25) is 0 Å². The number of benzene rings is 2. The molecule has 0 fully saturated rings. The average Bonchev–Trinajstić information content (AvgIpc) is 3.17. The maximum Gasteiger partial charge on any atom is 0.257 e. The number of amides is 1. The number of carbonyl (C=O) groups excluding carboxylic acids is 1. The monoisotopic (exact) mass is 414 g/mol. The van der Waals surface area contributed by atoms with Crippen molar-refractivity contribution in [3.8, 4) is 5.69 Å². The fraction of sp³-hybridized carbons (Fsp3) is 0.160. The van der Waals surface area contributed by atoms with E-state index >= 15 is 0 Å². The van der Waals surface area contributed by atoms with Crippen molar-refractivity contribution in [2.45, 2.75) is 26.9 Å². The summed E-state index contributed by atoms with van der Waals surface area (Å²) in [6.45, 7) is 4.79. The third-order valence-corrected chi connectivity index (χ3v) is 5.32. The van der Waals surface area contributed by atoms with Crippen LogP contribution in [0.25, 0.3) is 5.69 Å². The van der Waals surface area contributed by atoms with Crippen LogP contribution in [-0.4, -0.2) is 25.6 Å². The molecule has 4 aromatic rings. The minimum Gasteiger partial charge on any atom is -0.330 e. The van der Waals surface area contributed by atoms with Crippen LogP contribution in [0.3, 0.4) is 0 Å². The van der Waals surface area contributed by atoms with Crippen molar-refractivity contribution < 1.29 is 9.18 Å². The van der Waals surface area contributed by atoms with Crippen LogP contribution < -0.4 is 0 Å². The molecule has 2 aromatic carbocycles. The van der Waals surface area contributed by atoms with Gasteiger partial charge in [-0.3, -0.25) is 9.78 Å². The normalized spacial score (nSPS) is 10.8. The summed E-state index contributed by atoms with van der Waals surface area (Å²) in [6.07, 6.45) is 5.07. The van der Waals surface area contributed by atoms with Gasteiger partial charge in [-0.2, -0.15) is 5.10 Å². The minimum absolute atomic E-state index is 0.113. The Morgan fingerprint density at radius 3 is 2.45 bits per heavy atom. The number of nitrogens with zero attached hydrogens (tertiary/aromatic N) is 4. The highest BCUT2D eigenvalue weighted by atomic mass is 19.1. The van der Waals surface area contributed by atoms with Crippen molar-refractivity contribution in [3.63, 3.8) is 0 Å². The molecular weight excluding hydrogens is 391 g/mol. The lowest BCUT2D eigenvalue weighted by atomic mass is 10.1. The second-order valence-corrected chi connectivity index (χ2v) is 7.48. The number of halogens is 1. The zero-order chi connectivity index (χ0) is 21.8. The SMILES string of the molecule is Cc1ccccc1CN(Cc1cccnc1)C(=O)c1cnn(-c2ccc(F)cc2)c1C. The summed E-state index contributed by atoms with van der Waals surface area (Å²) in [5.74, 6) is -0.427. The molecule has 0 N–H and O–H groups in total. The summed E-state index contributed by atoms with van der Waals surface area (Å²) in [6, 6.07) is 17.9. The average molecular weight is 414 g/mol. The molecular formula is C25H23FN4O. The predicted molar refractivity (Wildman–Crippen MR) is 117 cm³/mol. The molecule has 2 heterocycles. The molecule has 31 heavy (non-hydrogen) atoms. The molecule has 4 rings (SSSR count). The molecule has 0 unspecified atom stereocenters. The van der Waals surface area contributed by atoms with Gasteiger partial charge in [-0.15, -0.1) is 0 Å². The van der Waals surface area contributed by atoms with Gasteiger partial charge >= 0.3 is 0 Å². The van der Waals surface area contributed by atoms with E-state index in [0.717, 1.165) is 16.7 Å². The van der Waals surface area contributed by atoms with Gasteiger partial charge in [0.1, 0.15) is 5.82 Å². The number of carbonyl (C=O) groups is 1. The summed E-state index contributed by atoms with van der Waals surface area (Å²) >= 11 is 0. The van der Waals surface area contributed by atoms with E-state index in [1.54, 1.807) is 40.3 Å². The van der Waals surface area contributed by atoms with Gasteiger partial charge in [0.05, 0.1) is 23.1 Å². The molecule has 2 aromatic heterocycles.